The molecule has 102 valence electrons. The van der Waals surface area contributed by atoms with Gasteiger partial charge in [-0.2, -0.15) is 0 Å². The lowest BCUT2D eigenvalue weighted by Gasteiger charge is -2.17. The maximum absolute atomic E-state index is 2.64. The van der Waals surface area contributed by atoms with Crippen LogP contribution in [-0.2, 0) is 0 Å². The van der Waals surface area contributed by atoms with Crippen LogP contribution in [0.3, 0.4) is 0 Å². The van der Waals surface area contributed by atoms with Gasteiger partial charge in [-0.25, -0.2) is 0 Å². The molecule has 1 aliphatic rings. The van der Waals surface area contributed by atoms with Crippen molar-refractivity contribution in [3.05, 3.63) is 0 Å². The van der Waals surface area contributed by atoms with Crippen LogP contribution in [0.5, 0.6) is 0 Å². The Morgan fingerprint density at radius 1 is 0.765 bits per heavy atom. The van der Waals surface area contributed by atoms with Crippen molar-refractivity contribution in [2.45, 2.75) is 78.6 Å². The van der Waals surface area contributed by atoms with Crippen LogP contribution in [0.2, 0.25) is 0 Å². The van der Waals surface area contributed by atoms with E-state index in [9.17, 15) is 0 Å². The Kier molecular flexibility index (Phi) is 7.18. The Bertz CT molecular complexity index is 174. The predicted octanol–water partition coefficient (Wildman–Crippen LogP) is 4.86. The smallest absolute Gasteiger partial charge is 0.00183 e. The molecule has 0 bridgehead atoms. The molecule has 0 saturated carbocycles. The number of nitrogens with zero attached hydrogens (tertiary/aromatic N) is 1. The van der Waals surface area contributed by atoms with E-state index in [4.69, 9.17) is 0 Å². The summed E-state index contributed by atoms with van der Waals surface area (Å²) in [6, 6.07) is 0. The molecule has 1 heteroatoms. The summed E-state index contributed by atoms with van der Waals surface area (Å²) < 4.78 is 0. The summed E-state index contributed by atoms with van der Waals surface area (Å²) in [5, 5.41) is 0. The summed E-state index contributed by atoms with van der Waals surface area (Å²) >= 11 is 0. The van der Waals surface area contributed by atoms with E-state index in [1.165, 1.54) is 77.4 Å². The highest BCUT2D eigenvalue weighted by Gasteiger charge is 2.10. The molecule has 0 N–H and O–H groups in total. The molecule has 0 atom stereocenters. The third kappa shape index (κ3) is 8.65. The maximum atomic E-state index is 2.64. The van der Waals surface area contributed by atoms with Crippen LogP contribution in [0, 0.1) is 5.41 Å². The average molecular weight is 239 g/mol. The molecule has 1 aliphatic heterocycles. The van der Waals surface area contributed by atoms with Crippen molar-refractivity contribution in [2.75, 3.05) is 19.6 Å². The molecule has 0 spiro atoms. The second kappa shape index (κ2) is 8.13. The first-order valence-corrected chi connectivity index (χ1v) is 7.80. The van der Waals surface area contributed by atoms with Crippen molar-refractivity contribution in [1.29, 1.82) is 0 Å². The van der Waals surface area contributed by atoms with Gasteiger partial charge in [0.25, 0.3) is 0 Å². The summed E-state index contributed by atoms with van der Waals surface area (Å²) in [6.45, 7) is 11.1. The van der Waals surface area contributed by atoms with Crippen LogP contribution in [-0.4, -0.2) is 24.5 Å². The molecule has 0 radical (unpaired) electrons. The fraction of sp³-hybridized carbons (Fsp3) is 1.00. The molecule has 1 fully saturated rings. The van der Waals surface area contributed by atoms with Gasteiger partial charge in [0.15, 0.2) is 0 Å². The first-order chi connectivity index (χ1) is 8.08. The lowest BCUT2D eigenvalue weighted by Crippen LogP contribution is -2.20. The van der Waals surface area contributed by atoms with Crippen molar-refractivity contribution in [1.82, 2.24) is 4.90 Å². The minimum atomic E-state index is 0.537. The molecule has 0 aliphatic carbocycles. The summed E-state index contributed by atoms with van der Waals surface area (Å²) in [4.78, 5) is 2.64. The Morgan fingerprint density at radius 3 is 1.88 bits per heavy atom. The third-order valence-corrected chi connectivity index (χ3v) is 3.85. The number of likely N-dealkylation sites (tertiary alicyclic amines) is 1. The van der Waals surface area contributed by atoms with Gasteiger partial charge in [0.05, 0.1) is 0 Å². The molecule has 0 aromatic rings. The van der Waals surface area contributed by atoms with E-state index >= 15 is 0 Å². The largest absolute Gasteiger partial charge is 0.303 e. The van der Waals surface area contributed by atoms with Gasteiger partial charge < -0.3 is 4.90 Å². The normalized spacial score (nSPS) is 17.8. The minimum absolute atomic E-state index is 0.537. The summed E-state index contributed by atoms with van der Waals surface area (Å²) in [6.07, 6.45) is 12.9. The molecule has 0 aromatic heterocycles. The number of unbranched alkanes of at least 4 members (excludes halogenated alkanes) is 5. The van der Waals surface area contributed by atoms with Gasteiger partial charge in [0, 0.05) is 0 Å². The van der Waals surface area contributed by atoms with Crippen LogP contribution < -0.4 is 0 Å². The van der Waals surface area contributed by atoms with Crippen LogP contribution >= 0.6 is 0 Å². The first kappa shape index (κ1) is 15.0. The second-order valence-electron chi connectivity index (χ2n) is 6.98. The van der Waals surface area contributed by atoms with Crippen LogP contribution in [0.4, 0.5) is 0 Å². The molecule has 1 saturated heterocycles. The highest BCUT2D eigenvalue weighted by Crippen LogP contribution is 2.22. The van der Waals surface area contributed by atoms with Crippen molar-refractivity contribution >= 4 is 0 Å². The summed E-state index contributed by atoms with van der Waals surface area (Å²) in [7, 11) is 0. The van der Waals surface area contributed by atoms with Gasteiger partial charge in [-0.05, 0) is 50.7 Å². The lowest BCUT2D eigenvalue weighted by atomic mass is 9.89. The fourth-order valence-corrected chi connectivity index (χ4v) is 2.70. The van der Waals surface area contributed by atoms with Crippen molar-refractivity contribution in [3.8, 4) is 0 Å². The van der Waals surface area contributed by atoms with E-state index in [0.29, 0.717) is 5.41 Å². The molecule has 0 amide bonds. The fourth-order valence-electron chi connectivity index (χ4n) is 2.70. The SMILES string of the molecule is CC(C)(C)CCCCCCCCN1CCCC1. The van der Waals surface area contributed by atoms with E-state index in [0.717, 1.165) is 0 Å². The van der Waals surface area contributed by atoms with E-state index < -0.39 is 0 Å². The van der Waals surface area contributed by atoms with Crippen LogP contribution in [0.1, 0.15) is 78.6 Å². The first-order valence-electron chi connectivity index (χ1n) is 7.80. The van der Waals surface area contributed by atoms with E-state index in [1.54, 1.807) is 0 Å². The zero-order valence-electron chi connectivity index (χ0n) is 12.4. The minimum Gasteiger partial charge on any atom is -0.303 e. The maximum Gasteiger partial charge on any atom is -0.00183 e. The van der Waals surface area contributed by atoms with Crippen LogP contribution in [0.15, 0.2) is 0 Å². The topological polar surface area (TPSA) is 3.24 Å². The summed E-state index contributed by atoms with van der Waals surface area (Å²) in [5.41, 5.74) is 0.537. The van der Waals surface area contributed by atoms with Crippen LogP contribution in [0.25, 0.3) is 0 Å². The average Bonchev–Trinajstić information content (AvgIpc) is 2.73. The molecule has 0 aromatic carbocycles. The quantitative estimate of drug-likeness (QED) is 0.547. The predicted molar refractivity (Wildman–Crippen MR) is 77.4 cm³/mol. The van der Waals surface area contributed by atoms with Gasteiger partial charge in [0.1, 0.15) is 0 Å². The molecular weight excluding hydrogens is 206 g/mol. The molecule has 1 nitrogen and oxygen atoms in total. The summed E-state index contributed by atoms with van der Waals surface area (Å²) in [5.74, 6) is 0. The molecule has 1 rings (SSSR count). The Labute approximate surface area is 109 Å². The second-order valence-corrected chi connectivity index (χ2v) is 6.98. The van der Waals surface area contributed by atoms with E-state index in [2.05, 4.69) is 25.7 Å². The molecule has 17 heavy (non-hydrogen) atoms. The Hall–Kier alpha value is -0.0400. The third-order valence-electron chi connectivity index (χ3n) is 3.85. The van der Waals surface area contributed by atoms with Crippen molar-refractivity contribution in [2.24, 2.45) is 5.41 Å². The van der Waals surface area contributed by atoms with Gasteiger partial charge >= 0.3 is 0 Å². The number of hydrogen-bond acceptors (Lipinski definition) is 1. The molecule has 1 heterocycles. The lowest BCUT2D eigenvalue weighted by molar-refractivity contribution is 0.326. The standard InChI is InChI=1S/C16H33N/c1-16(2,3)12-8-6-4-5-7-9-13-17-14-10-11-15-17/h4-15H2,1-3H3. The monoisotopic (exact) mass is 239 g/mol. The zero-order chi connectivity index (χ0) is 12.6. The van der Waals surface area contributed by atoms with Gasteiger partial charge in [-0.1, -0.05) is 52.9 Å². The molecular formula is C16H33N. The van der Waals surface area contributed by atoms with E-state index in [-0.39, 0.29) is 0 Å². The molecule has 0 unspecified atom stereocenters. The number of hydrogen-bond donors (Lipinski definition) is 0. The van der Waals surface area contributed by atoms with Crippen molar-refractivity contribution < 1.29 is 0 Å². The van der Waals surface area contributed by atoms with Gasteiger partial charge in [-0.3, -0.25) is 0 Å². The van der Waals surface area contributed by atoms with Crippen molar-refractivity contribution in [3.63, 3.8) is 0 Å². The highest BCUT2D eigenvalue weighted by atomic mass is 15.1. The Balaban J connectivity index is 1.78. The van der Waals surface area contributed by atoms with Gasteiger partial charge in [-0.15, -0.1) is 0 Å². The Morgan fingerprint density at radius 2 is 1.29 bits per heavy atom. The number of rotatable bonds is 8. The van der Waals surface area contributed by atoms with Gasteiger partial charge in [0.2, 0.25) is 0 Å². The zero-order valence-corrected chi connectivity index (χ0v) is 12.4. The highest BCUT2D eigenvalue weighted by molar-refractivity contribution is 4.65. The van der Waals surface area contributed by atoms with E-state index in [1.807, 2.05) is 0 Å².